The highest BCUT2D eigenvalue weighted by Gasteiger charge is 2.18. The number of alkyl carbamates (subject to hydrolysis) is 1. The van der Waals surface area contributed by atoms with Crippen molar-refractivity contribution in [3.05, 3.63) is 12.2 Å². The summed E-state index contributed by atoms with van der Waals surface area (Å²) in [6, 6.07) is -0.309. The van der Waals surface area contributed by atoms with Crippen LogP contribution in [0, 0.1) is 0 Å². The number of amides is 1. The molecule has 0 aromatic carbocycles. The van der Waals surface area contributed by atoms with Gasteiger partial charge in [0.05, 0.1) is 6.04 Å². The van der Waals surface area contributed by atoms with E-state index in [2.05, 4.69) is 5.32 Å². The summed E-state index contributed by atoms with van der Waals surface area (Å²) in [5.74, 6) is -1.03. The molecule has 0 aromatic rings. The molecule has 0 spiro atoms. The molecule has 0 unspecified atom stereocenters. The van der Waals surface area contributed by atoms with Gasteiger partial charge in [0, 0.05) is 6.08 Å². The van der Waals surface area contributed by atoms with E-state index in [-0.39, 0.29) is 6.04 Å². The number of aliphatic carboxylic acids is 1. The van der Waals surface area contributed by atoms with Gasteiger partial charge in [-0.05, 0) is 27.2 Å². The molecule has 0 aliphatic heterocycles. The molecule has 5 heteroatoms. The summed E-state index contributed by atoms with van der Waals surface area (Å²) in [6.45, 7) is 7.37. The predicted octanol–water partition coefficient (Wildman–Crippen LogP) is 2.71. The minimum atomic E-state index is -1.03. The third kappa shape index (κ3) is 9.69. The van der Waals surface area contributed by atoms with E-state index in [0.717, 1.165) is 18.9 Å². The first-order chi connectivity index (χ1) is 8.24. The van der Waals surface area contributed by atoms with Crippen molar-refractivity contribution in [3.63, 3.8) is 0 Å². The van der Waals surface area contributed by atoms with Crippen molar-refractivity contribution in [1.82, 2.24) is 5.32 Å². The molecule has 0 saturated heterocycles. The van der Waals surface area contributed by atoms with Crippen LogP contribution in [0.3, 0.4) is 0 Å². The molecular formula is C13H23NO4. The summed E-state index contributed by atoms with van der Waals surface area (Å²) >= 11 is 0. The average molecular weight is 257 g/mol. The van der Waals surface area contributed by atoms with Crippen LogP contribution in [0.5, 0.6) is 0 Å². The molecule has 0 aromatic heterocycles. The number of rotatable bonds is 6. The first kappa shape index (κ1) is 16.5. The normalized spacial score (nSPS) is 13.3. The van der Waals surface area contributed by atoms with E-state index in [0.29, 0.717) is 6.42 Å². The van der Waals surface area contributed by atoms with E-state index < -0.39 is 17.7 Å². The minimum Gasteiger partial charge on any atom is -0.478 e. The standard InChI is InChI=1S/C13H23NO4/c1-5-6-7-10(8-9-11(15)16)14-12(17)18-13(2,3)4/h8-10H,5-7H2,1-4H3,(H,14,17)(H,15,16)/b9-8+/t10-/m0/s1. The van der Waals surface area contributed by atoms with Crippen molar-refractivity contribution < 1.29 is 19.4 Å². The molecule has 0 saturated carbocycles. The molecule has 1 atom stereocenters. The number of ether oxygens (including phenoxy) is 1. The lowest BCUT2D eigenvalue weighted by atomic mass is 10.1. The van der Waals surface area contributed by atoms with Gasteiger partial charge in [-0.3, -0.25) is 0 Å². The summed E-state index contributed by atoms with van der Waals surface area (Å²) < 4.78 is 5.12. The van der Waals surface area contributed by atoms with Crippen LogP contribution >= 0.6 is 0 Å². The van der Waals surface area contributed by atoms with Crippen molar-refractivity contribution >= 4 is 12.1 Å². The van der Waals surface area contributed by atoms with Crippen molar-refractivity contribution in [2.24, 2.45) is 0 Å². The van der Waals surface area contributed by atoms with Crippen LogP contribution in [0.2, 0.25) is 0 Å². The Morgan fingerprint density at radius 3 is 2.44 bits per heavy atom. The Balaban J connectivity index is 4.39. The molecular weight excluding hydrogens is 234 g/mol. The minimum absolute atomic E-state index is 0.309. The number of hydrogen-bond acceptors (Lipinski definition) is 3. The van der Waals surface area contributed by atoms with Crippen LogP contribution in [0.1, 0.15) is 47.0 Å². The number of nitrogens with one attached hydrogen (secondary N) is 1. The van der Waals surface area contributed by atoms with E-state index in [1.807, 2.05) is 6.92 Å². The summed E-state index contributed by atoms with van der Waals surface area (Å²) in [7, 11) is 0. The fourth-order valence-corrected chi connectivity index (χ4v) is 1.30. The van der Waals surface area contributed by atoms with E-state index in [1.54, 1.807) is 20.8 Å². The van der Waals surface area contributed by atoms with Gasteiger partial charge in [0.2, 0.25) is 0 Å². The van der Waals surface area contributed by atoms with Crippen LogP contribution in [0.4, 0.5) is 4.79 Å². The number of carbonyl (C=O) groups is 2. The molecule has 0 bridgehead atoms. The second-order valence-corrected chi connectivity index (χ2v) is 5.09. The number of carboxylic acids is 1. The lowest BCUT2D eigenvalue weighted by Gasteiger charge is -2.22. The van der Waals surface area contributed by atoms with Crippen LogP contribution in [0.15, 0.2) is 12.2 Å². The maximum Gasteiger partial charge on any atom is 0.408 e. The molecule has 0 rings (SSSR count). The summed E-state index contributed by atoms with van der Waals surface area (Å²) in [5, 5.41) is 11.2. The molecule has 2 N–H and O–H groups in total. The highest BCUT2D eigenvalue weighted by atomic mass is 16.6. The predicted molar refractivity (Wildman–Crippen MR) is 69.5 cm³/mol. The van der Waals surface area contributed by atoms with E-state index in [9.17, 15) is 9.59 Å². The Morgan fingerprint density at radius 1 is 1.39 bits per heavy atom. The lowest BCUT2D eigenvalue weighted by molar-refractivity contribution is -0.131. The molecule has 18 heavy (non-hydrogen) atoms. The van der Waals surface area contributed by atoms with Crippen molar-refractivity contribution in [2.45, 2.75) is 58.6 Å². The zero-order valence-electron chi connectivity index (χ0n) is 11.5. The maximum absolute atomic E-state index is 11.6. The Morgan fingerprint density at radius 2 is 2.00 bits per heavy atom. The zero-order chi connectivity index (χ0) is 14.2. The van der Waals surface area contributed by atoms with Crippen molar-refractivity contribution in [1.29, 1.82) is 0 Å². The SMILES string of the molecule is CCCC[C@@H](/C=C/C(=O)O)NC(=O)OC(C)(C)C. The third-order valence-electron chi connectivity index (χ3n) is 2.04. The van der Waals surface area contributed by atoms with Crippen LogP contribution in [0.25, 0.3) is 0 Å². The largest absolute Gasteiger partial charge is 0.478 e. The molecule has 1 amide bonds. The van der Waals surface area contributed by atoms with Gasteiger partial charge in [0.1, 0.15) is 5.60 Å². The van der Waals surface area contributed by atoms with Crippen molar-refractivity contribution in [2.75, 3.05) is 0 Å². The summed E-state index contributed by atoms with van der Waals surface area (Å²) in [5.41, 5.74) is -0.560. The lowest BCUT2D eigenvalue weighted by Crippen LogP contribution is -2.38. The Bertz CT molecular complexity index is 305. The average Bonchev–Trinajstić information content (AvgIpc) is 2.19. The zero-order valence-corrected chi connectivity index (χ0v) is 11.5. The monoisotopic (exact) mass is 257 g/mol. The Labute approximate surface area is 108 Å². The van der Waals surface area contributed by atoms with Gasteiger partial charge >= 0.3 is 12.1 Å². The van der Waals surface area contributed by atoms with Gasteiger partial charge < -0.3 is 15.2 Å². The second kappa shape index (κ2) is 7.74. The number of hydrogen-bond donors (Lipinski definition) is 2. The van der Waals surface area contributed by atoms with Crippen LogP contribution in [-0.4, -0.2) is 28.8 Å². The molecule has 0 heterocycles. The van der Waals surface area contributed by atoms with Gasteiger partial charge in [-0.1, -0.05) is 25.8 Å². The summed E-state index contributed by atoms with van der Waals surface area (Å²) in [6.07, 6.45) is 4.57. The Hall–Kier alpha value is -1.52. The first-order valence-corrected chi connectivity index (χ1v) is 6.15. The van der Waals surface area contributed by atoms with Gasteiger partial charge in [0.15, 0.2) is 0 Å². The molecule has 0 aliphatic rings. The molecule has 104 valence electrons. The third-order valence-corrected chi connectivity index (χ3v) is 2.04. The van der Waals surface area contributed by atoms with Gasteiger partial charge in [-0.2, -0.15) is 0 Å². The smallest absolute Gasteiger partial charge is 0.408 e. The fraction of sp³-hybridized carbons (Fsp3) is 0.692. The summed E-state index contributed by atoms with van der Waals surface area (Å²) in [4.78, 5) is 22.0. The highest BCUT2D eigenvalue weighted by molar-refractivity contribution is 5.80. The van der Waals surface area contributed by atoms with Gasteiger partial charge in [0.25, 0.3) is 0 Å². The quantitative estimate of drug-likeness (QED) is 0.717. The van der Waals surface area contributed by atoms with E-state index >= 15 is 0 Å². The maximum atomic E-state index is 11.6. The topological polar surface area (TPSA) is 75.6 Å². The second-order valence-electron chi connectivity index (χ2n) is 5.09. The molecule has 5 nitrogen and oxygen atoms in total. The molecule has 0 fully saturated rings. The van der Waals surface area contributed by atoms with E-state index in [1.165, 1.54) is 6.08 Å². The molecule has 0 radical (unpaired) electrons. The first-order valence-electron chi connectivity index (χ1n) is 6.15. The Kier molecular flexibility index (Phi) is 7.08. The van der Waals surface area contributed by atoms with Crippen LogP contribution < -0.4 is 5.32 Å². The van der Waals surface area contributed by atoms with Gasteiger partial charge in [-0.25, -0.2) is 9.59 Å². The number of unbranched alkanes of at least 4 members (excludes halogenated alkanes) is 1. The number of carbonyl (C=O) groups excluding carboxylic acids is 1. The van der Waals surface area contributed by atoms with Gasteiger partial charge in [-0.15, -0.1) is 0 Å². The highest BCUT2D eigenvalue weighted by Crippen LogP contribution is 2.08. The number of carboxylic acid groups (broad SMARTS) is 1. The molecule has 0 aliphatic carbocycles. The van der Waals surface area contributed by atoms with Crippen LogP contribution in [-0.2, 0) is 9.53 Å². The van der Waals surface area contributed by atoms with Crippen molar-refractivity contribution in [3.8, 4) is 0 Å². The van der Waals surface area contributed by atoms with E-state index in [4.69, 9.17) is 9.84 Å². The fourth-order valence-electron chi connectivity index (χ4n) is 1.30.